The van der Waals surface area contributed by atoms with E-state index in [1.165, 1.54) is 12.1 Å². The number of nitrogens with zero attached hydrogens (tertiary/aromatic N) is 8. The van der Waals surface area contributed by atoms with Crippen molar-refractivity contribution in [3.05, 3.63) is 66.2 Å². The van der Waals surface area contributed by atoms with Gasteiger partial charge in [-0.1, -0.05) is 18.2 Å². The molecule has 3 aliphatic rings. The molecule has 2 fully saturated rings. The highest BCUT2D eigenvalue weighted by molar-refractivity contribution is 6.27. The molecule has 14 nitrogen and oxygen atoms in total. The van der Waals surface area contributed by atoms with E-state index >= 15 is 0 Å². The summed E-state index contributed by atoms with van der Waals surface area (Å²) in [5.74, 6) is 1.35. The molecule has 1 unspecified atom stereocenters. The van der Waals surface area contributed by atoms with Crippen molar-refractivity contribution < 1.29 is 27.9 Å². The van der Waals surface area contributed by atoms with Crippen LogP contribution in [0.5, 0.6) is 0 Å². The number of alkyl halides is 2. The first-order valence-electron chi connectivity index (χ1n) is 20.6. The maximum Gasteiger partial charge on any atom is 0.410 e. The third-order valence-electron chi connectivity index (χ3n) is 9.52. The highest BCUT2D eigenvalue weighted by Crippen LogP contribution is 2.29. The molecule has 0 saturated carbocycles. The van der Waals surface area contributed by atoms with Crippen LogP contribution in [0.4, 0.5) is 25.2 Å². The minimum absolute atomic E-state index is 0.0537. The van der Waals surface area contributed by atoms with Crippen LogP contribution in [-0.4, -0.2) is 137 Å². The lowest BCUT2D eigenvalue weighted by Gasteiger charge is -2.36. The van der Waals surface area contributed by atoms with Crippen LogP contribution in [0.25, 0.3) is 16.7 Å². The molecule has 2 aromatic heterocycles. The Labute approximate surface area is 358 Å². The third-order valence-corrected chi connectivity index (χ3v) is 9.76. The summed E-state index contributed by atoms with van der Waals surface area (Å²) in [6.07, 6.45) is 6.17. The topological polar surface area (TPSA) is 149 Å². The monoisotopic (exact) mass is 854 g/mol. The zero-order valence-corrected chi connectivity index (χ0v) is 36.7. The van der Waals surface area contributed by atoms with E-state index in [9.17, 15) is 23.2 Å². The van der Waals surface area contributed by atoms with Gasteiger partial charge in [0, 0.05) is 75.6 Å². The Bertz CT molecular complexity index is 1860. The van der Waals surface area contributed by atoms with Crippen molar-refractivity contribution in [3.63, 3.8) is 0 Å². The summed E-state index contributed by atoms with van der Waals surface area (Å²) in [5, 5.41) is 22.2. The Morgan fingerprint density at radius 3 is 1.83 bits per heavy atom. The number of nitrogens with one attached hydrogen (secondary N) is 2. The second-order valence-electron chi connectivity index (χ2n) is 16.5. The van der Waals surface area contributed by atoms with Gasteiger partial charge < -0.3 is 30.1 Å². The number of halogens is 3. The maximum absolute atomic E-state index is 13.3. The second kappa shape index (κ2) is 23.1. The van der Waals surface area contributed by atoms with Crippen molar-refractivity contribution >= 4 is 46.7 Å². The molecule has 328 valence electrons. The molecule has 1 atom stereocenters. The predicted molar refractivity (Wildman–Crippen MR) is 232 cm³/mol. The number of hydrogen-bond donors (Lipinski definition) is 2. The standard InChI is InChI=1S/C19H24FN5O.C19H27FN4O2.C5H10ClNO/c1-14(2)22-19(26)13-24-7-9-25(10-8-24)18-11-16(12-21-23-18)15-3-5-17(20)6-4-15;1-19(2,3)26-18(25)24-10-8-23(9-11-24)17-12-15(13-21-22-17)14-4-6-16(20)7-5-14;1-4(2)7-5(8)3-6/h3-6,11-12,14H,7-10,13H2,1-2H3,(H,22,26);4,12-13,16H,5-11H2,1-3H3;4H,3H2,1-2H3,(H,7,8). The van der Waals surface area contributed by atoms with Gasteiger partial charge in [0.15, 0.2) is 11.6 Å². The number of carbonyl (C=O) groups is 3. The van der Waals surface area contributed by atoms with Crippen molar-refractivity contribution in [3.8, 4) is 11.1 Å². The summed E-state index contributed by atoms with van der Waals surface area (Å²) in [5.41, 5.74) is 3.49. The number of amides is 3. The summed E-state index contributed by atoms with van der Waals surface area (Å²) in [4.78, 5) is 42.6. The number of aromatic nitrogens is 4. The van der Waals surface area contributed by atoms with Crippen LogP contribution >= 0.6 is 11.6 Å². The molecular formula is C43H61ClF2N10O4. The highest BCUT2D eigenvalue weighted by Gasteiger charge is 2.27. The summed E-state index contributed by atoms with van der Waals surface area (Å²) >= 11 is 5.18. The maximum atomic E-state index is 13.3. The molecule has 60 heavy (non-hydrogen) atoms. The third kappa shape index (κ3) is 16.2. The van der Waals surface area contributed by atoms with E-state index < -0.39 is 11.8 Å². The molecule has 4 heterocycles. The number of ether oxygens (including phenoxy) is 1. The van der Waals surface area contributed by atoms with Gasteiger partial charge in [0.1, 0.15) is 23.5 Å². The molecule has 0 radical (unpaired) electrons. The molecule has 2 N–H and O–H groups in total. The van der Waals surface area contributed by atoms with Gasteiger partial charge in [-0.15, -0.1) is 21.8 Å². The molecule has 1 aliphatic carbocycles. The molecule has 3 amide bonds. The second-order valence-corrected chi connectivity index (χ2v) is 16.8. The fourth-order valence-electron chi connectivity index (χ4n) is 6.57. The van der Waals surface area contributed by atoms with E-state index in [1.54, 1.807) is 29.4 Å². The van der Waals surface area contributed by atoms with Crippen molar-refractivity contribution in [1.82, 2.24) is 40.8 Å². The summed E-state index contributed by atoms with van der Waals surface area (Å²) in [6, 6.07) is 10.7. The van der Waals surface area contributed by atoms with Crippen LogP contribution in [0.2, 0.25) is 0 Å². The SMILES string of the molecule is CC(C)(C)OC(=O)N1CCN(c2cc(C3=CCC(F)CC3)cnn2)CC1.CC(C)NC(=O)CCl.CC(C)NC(=O)CN1CCN(c2cc(-c3ccc(F)cc3)cnn2)CC1. The Morgan fingerprint density at radius 1 is 0.800 bits per heavy atom. The van der Waals surface area contributed by atoms with Crippen LogP contribution in [0, 0.1) is 5.82 Å². The highest BCUT2D eigenvalue weighted by atomic mass is 35.5. The zero-order chi connectivity index (χ0) is 43.8. The normalized spacial score (nSPS) is 17.2. The van der Waals surface area contributed by atoms with Crippen LogP contribution in [-0.2, 0) is 14.3 Å². The average molecular weight is 855 g/mol. The van der Waals surface area contributed by atoms with E-state index in [4.69, 9.17) is 16.3 Å². The van der Waals surface area contributed by atoms with Crippen molar-refractivity contribution in [2.75, 3.05) is 74.6 Å². The molecule has 2 aliphatic heterocycles. The van der Waals surface area contributed by atoms with Gasteiger partial charge in [0.05, 0.1) is 18.9 Å². The number of hydrogen-bond acceptors (Lipinski definition) is 11. The van der Waals surface area contributed by atoms with Crippen LogP contribution < -0.4 is 20.4 Å². The predicted octanol–water partition coefficient (Wildman–Crippen LogP) is 6.12. The molecule has 1 aromatic carbocycles. The van der Waals surface area contributed by atoms with Gasteiger partial charge in [-0.3, -0.25) is 14.5 Å². The van der Waals surface area contributed by atoms with Crippen molar-refractivity contribution in [2.45, 2.75) is 91.6 Å². The van der Waals surface area contributed by atoms with Gasteiger partial charge in [-0.2, -0.15) is 10.2 Å². The number of allylic oxidation sites excluding steroid dienone is 2. The molecule has 3 aromatic rings. The molecule has 6 rings (SSSR count). The average Bonchev–Trinajstić information content (AvgIpc) is 3.21. The van der Waals surface area contributed by atoms with E-state index in [1.807, 2.05) is 66.7 Å². The molecule has 0 spiro atoms. The van der Waals surface area contributed by atoms with E-state index in [0.717, 1.165) is 66.5 Å². The summed E-state index contributed by atoms with van der Waals surface area (Å²) in [7, 11) is 0. The Morgan fingerprint density at radius 2 is 1.33 bits per heavy atom. The molecule has 17 heteroatoms. The number of carbonyl (C=O) groups excluding carboxylic acids is 3. The fourth-order valence-corrected chi connectivity index (χ4v) is 6.65. The van der Waals surface area contributed by atoms with Crippen LogP contribution in [0.1, 0.15) is 73.3 Å². The largest absolute Gasteiger partial charge is 0.444 e. The van der Waals surface area contributed by atoms with Crippen molar-refractivity contribution in [2.24, 2.45) is 0 Å². The van der Waals surface area contributed by atoms with Crippen LogP contribution in [0.3, 0.4) is 0 Å². The first kappa shape index (κ1) is 47.7. The fraction of sp³-hybridized carbons (Fsp3) is 0.558. The first-order chi connectivity index (χ1) is 28.5. The van der Waals surface area contributed by atoms with Gasteiger partial charge in [-0.25, -0.2) is 13.6 Å². The number of rotatable bonds is 9. The quantitative estimate of drug-likeness (QED) is 0.240. The summed E-state index contributed by atoms with van der Waals surface area (Å²) in [6.45, 7) is 19.5. The van der Waals surface area contributed by atoms with Gasteiger partial charge in [-0.05, 0) is 103 Å². The van der Waals surface area contributed by atoms with Crippen molar-refractivity contribution in [1.29, 1.82) is 0 Å². The minimum atomic E-state index is -0.728. The zero-order valence-electron chi connectivity index (χ0n) is 36.0. The Balaban J connectivity index is 0.000000224. The van der Waals surface area contributed by atoms with Crippen LogP contribution in [0.15, 0.2) is 54.9 Å². The van der Waals surface area contributed by atoms with Gasteiger partial charge in [0.25, 0.3) is 0 Å². The minimum Gasteiger partial charge on any atom is -0.444 e. The van der Waals surface area contributed by atoms with E-state index in [-0.39, 0.29) is 41.7 Å². The van der Waals surface area contributed by atoms with E-state index in [0.29, 0.717) is 45.6 Å². The molecular weight excluding hydrogens is 794 g/mol. The number of anilines is 2. The number of benzene rings is 1. The van der Waals surface area contributed by atoms with Gasteiger partial charge in [0.2, 0.25) is 11.8 Å². The Hall–Kier alpha value is -4.96. The summed E-state index contributed by atoms with van der Waals surface area (Å²) < 4.78 is 31.9. The lowest BCUT2D eigenvalue weighted by molar-refractivity contribution is -0.123. The smallest absolute Gasteiger partial charge is 0.410 e. The first-order valence-corrected chi connectivity index (χ1v) is 21.1. The van der Waals surface area contributed by atoms with E-state index in [2.05, 4.69) is 45.7 Å². The lowest BCUT2D eigenvalue weighted by Crippen LogP contribution is -2.50. The molecule has 0 bridgehead atoms. The Kier molecular flexibility index (Phi) is 18.4. The lowest BCUT2D eigenvalue weighted by atomic mass is 9.94. The van der Waals surface area contributed by atoms with Gasteiger partial charge >= 0.3 is 6.09 Å². The molecule has 2 saturated heterocycles. The number of piperazine rings is 2.